The van der Waals surface area contributed by atoms with Crippen molar-refractivity contribution in [3.8, 4) is 0 Å². The first-order valence-electron chi connectivity index (χ1n) is 12.4. The van der Waals surface area contributed by atoms with Gasteiger partial charge in [0.1, 0.15) is 11.6 Å². The highest BCUT2D eigenvalue weighted by atomic mass is 19.1. The second kappa shape index (κ2) is 10.7. The van der Waals surface area contributed by atoms with Crippen LogP contribution < -0.4 is 5.32 Å². The van der Waals surface area contributed by atoms with Crippen molar-refractivity contribution < 1.29 is 9.18 Å². The molecule has 0 aliphatic rings. The van der Waals surface area contributed by atoms with E-state index in [1.165, 1.54) is 23.3 Å². The average molecular weight is 493 g/mol. The Morgan fingerprint density at radius 1 is 0.919 bits per heavy atom. The lowest BCUT2D eigenvalue weighted by Crippen LogP contribution is -2.25. The number of amides is 1. The fourth-order valence-corrected chi connectivity index (χ4v) is 4.42. The highest BCUT2D eigenvalue weighted by Gasteiger charge is 2.14. The van der Waals surface area contributed by atoms with Crippen molar-refractivity contribution in [2.75, 3.05) is 6.54 Å². The molecular formula is C31H29FN4O. The molecule has 37 heavy (non-hydrogen) atoms. The molecule has 0 saturated heterocycles. The lowest BCUT2D eigenvalue weighted by molar-refractivity contribution is 0.0954. The number of rotatable bonds is 8. The average Bonchev–Trinajstić information content (AvgIpc) is 3.22. The number of aryl methyl sites for hydroxylation is 2. The molecular weight excluding hydrogens is 463 g/mol. The van der Waals surface area contributed by atoms with Crippen molar-refractivity contribution in [3.63, 3.8) is 0 Å². The number of nitrogens with zero attached hydrogens (tertiary/aromatic N) is 3. The fourth-order valence-electron chi connectivity index (χ4n) is 4.42. The van der Waals surface area contributed by atoms with E-state index in [2.05, 4.69) is 40.8 Å². The molecule has 0 atom stereocenters. The molecule has 2 heterocycles. The van der Waals surface area contributed by atoms with E-state index in [-0.39, 0.29) is 11.7 Å². The summed E-state index contributed by atoms with van der Waals surface area (Å²) in [7, 11) is 0. The molecule has 5 aromatic rings. The van der Waals surface area contributed by atoms with Crippen molar-refractivity contribution in [3.05, 3.63) is 130 Å². The van der Waals surface area contributed by atoms with Gasteiger partial charge >= 0.3 is 0 Å². The summed E-state index contributed by atoms with van der Waals surface area (Å²) in [6.45, 7) is 5.35. The van der Waals surface area contributed by atoms with Gasteiger partial charge in [-0.2, -0.15) is 0 Å². The number of carbonyl (C=O) groups is 1. The summed E-state index contributed by atoms with van der Waals surface area (Å²) in [5, 5.41) is 2.97. The third-order valence-electron chi connectivity index (χ3n) is 6.67. The van der Waals surface area contributed by atoms with Crippen molar-refractivity contribution >= 4 is 16.9 Å². The van der Waals surface area contributed by atoms with E-state index in [1.54, 1.807) is 18.3 Å². The van der Waals surface area contributed by atoms with Gasteiger partial charge in [0.15, 0.2) is 0 Å². The molecule has 2 aromatic heterocycles. The number of imidazole rings is 1. The van der Waals surface area contributed by atoms with Crippen LogP contribution in [0.25, 0.3) is 11.0 Å². The lowest BCUT2D eigenvalue weighted by atomic mass is 10.1. The summed E-state index contributed by atoms with van der Waals surface area (Å²) in [6, 6.07) is 24.3. The Labute approximate surface area is 216 Å². The normalized spacial score (nSPS) is 11.1. The zero-order chi connectivity index (χ0) is 25.8. The van der Waals surface area contributed by atoms with Crippen molar-refractivity contribution in [1.29, 1.82) is 0 Å². The molecule has 5 nitrogen and oxygen atoms in total. The first kappa shape index (κ1) is 24.4. The van der Waals surface area contributed by atoms with Crippen LogP contribution in [-0.4, -0.2) is 27.0 Å². The quantitative estimate of drug-likeness (QED) is 0.298. The van der Waals surface area contributed by atoms with Gasteiger partial charge in [0.2, 0.25) is 0 Å². The van der Waals surface area contributed by atoms with Crippen LogP contribution >= 0.6 is 0 Å². The van der Waals surface area contributed by atoms with Gasteiger partial charge in [-0.3, -0.25) is 9.78 Å². The standard InChI is InChI=1S/C31H29FN4O/c1-21-17-28-29(18-22(21)2)36(30(35-28)19-23-8-12-26(32)13-9-23)20-24-6-10-25(11-7-24)31(37)34-16-14-27-5-3-4-15-33-27/h3-13,15,17-18H,14,16,19-20H2,1-2H3,(H,34,37). The highest BCUT2D eigenvalue weighted by Crippen LogP contribution is 2.24. The van der Waals surface area contributed by atoms with Crippen LogP contribution in [0, 0.1) is 19.7 Å². The van der Waals surface area contributed by atoms with Crippen molar-refractivity contribution in [2.45, 2.75) is 33.2 Å². The smallest absolute Gasteiger partial charge is 0.251 e. The third kappa shape index (κ3) is 5.75. The van der Waals surface area contributed by atoms with Crippen LogP contribution in [0.1, 0.15) is 44.1 Å². The van der Waals surface area contributed by atoms with Gasteiger partial charge in [-0.25, -0.2) is 9.37 Å². The topological polar surface area (TPSA) is 59.8 Å². The molecule has 1 N–H and O–H groups in total. The molecule has 186 valence electrons. The number of hydrogen-bond acceptors (Lipinski definition) is 3. The Morgan fingerprint density at radius 2 is 1.65 bits per heavy atom. The van der Waals surface area contributed by atoms with E-state index in [0.29, 0.717) is 31.5 Å². The van der Waals surface area contributed by atoms with Gasteiger partial charge in [0.05, 0.1) is 11.0 Å². The largest absolute Gasteiger partial charge is 0.352 e. The summed E-state index contributed by atoms with van der Waals surface area (Å²) >= 11 is 0. The summed E-state index contributed by atoms with van der Waals surface area (Å²) in [5.41, 5.74) is 8.07. The fraction of sp³-hybridized carbons (Fsp3) is 0.194. The first-order chi connectivity index (χ1) is 18.0. The number of benzene rings is 3. The number of halogens is 1. The summed E-state index contributed by atoms with van der Waals surface area (Å²) < 4.78 is 15.6. The maximum atomic E-state index is 13.4. The van der Waals surface area contributed by atoms with E-state index in [9.17, 15) is 9.18 Å². The highest BCUT2D eigenvalue weighted by molar-refractivity contribution is 5.94. The van der Waals surface area contributed by atoms with Crippen molar-refractivity contribution in [2.24, 2.45) is 0 Å². The molecule has 0 bridgehead atoms. The number of carbonyl (C=O) groups excluding carboxylic acids is 1. The number of hydrogen-bond donors (Lipinski definition) is 1. The molecule has 0 fully saturated rings. The maximum Gasteiger partial charge on any atom is 0.251 e. The number of pyridine rings is 1. The van der Waals surface area contributed by atoms with Gasteiger partial charge in [0.25, 0.3) is 5.91 Å². The SMILES string of the molecule is Cc1cc2nc(Cc3ccc(F)cc3)n(Cc3ccc(C(=O)NCCc4ccccn4)cc3)c2cc1C. The van der Waals surface area contributed by atoms with Gasteiger partial charge in [-0.1, -0.05) is 30.3 Å². The van der Waals surface area contributed by atoms with Crippen molar-refractivity contribution in [1.82, 2.24) is 19.9 Å². The second-order valence-electron chi connectivity index (χ2n) is 9.37. The third-order valence-corrected chi connectivity index (χ3v) is 6.67. The molecule has 3 aromatic carbocycles. The van der Waals surface area contributed by atoms with E-state index >= 15 is 0 Å². The van der Waals surface area contributed by atoms with Gasteiger partial charge < -0.3 is 9.88 Å². The minimum Gasteiger partial charge on any atom is -0.352 e. The summed E-state index contributed by atoms with van der Waals surface area (Å²) in [6.07, 6.45) is 3.05. The van der Waals surface area contributed by atoms with E-state index in [0.717, 1.165) is 33.7 Å². The molecule has 0 aliphatic carbocycles. The monoisotopic (exact) mass is 492 g/mol. The number of nitrogens with one attached hydrogen (secondary N) is 1. The van der Waals surface area contributed by atoms with E-state index in [4.69, 9.17) is 4.98 Å². The van der Waals surface area contributed by atoms with Crippen LogP contribution in [0.15, 0.2) is 85.1 Å². The molecule has 1 amide bonds. The molecule has 0 saturated carbocycles. The van der Waals surface area contributed by atoms with Gasteiger partial charge in [-0.05, 0) is 84.6 Å². The predicted octanol–water partition coefficient (Wildman–Crippen LogP) is 5.80. The predicted molar refractivity (Wildman–Crippen MR) is 144 cm³/mol. The zero-order valence-corrected chi connectivity index (χ0v) is 21.0. The van der Waals surface area contributed by atoms with Crippen LogP contribution in [0.2, 0.25) is 0 Å². The minimum absolute atomic E-state index is 0.0985. The van der Waals surface area contributed by atoms with Crippen LogP contribution in [0.4, 0.5) is 4.39 Å². The van der Waals surface area contributed by atoms with Crippen LogP contribution in [0.5, 0.6) is 0 Å². The molecule has 0 unspecified atom stereocenters. The maximum absolute atomic E-state index is 13.4. The Morgan fingerprint density at radius 3 is 2.38 bits per heavy atom. The zero-order valence-electron chi connectivity index (χ0n) is 21.0. The molecule has 5 rings (SSSR count). The minimum atomic E-state index is -0.246. The van der Waals surface area contributed by atoms with E-state index < -0.39 is 0 Å². The van der Waals surface area contributed by atoms with Crippen LogP contribution in [0.3, 0.4) is 0 Å². The Balaban J connectivity index is 1.34. The molecule has 0 radical (unpaired) electrons. The van der Waals surface area contributed by atoms with E-state index in [1.807, 2.05) is 42.5 Å². The molecule has 6 heteroatoms. The lowest BCUT2D eigenvalue weighted by Gasteiger charge is -2.11. The molecule has 0 spiro atoms. The first-order valence-corrected chi connectivity index (χ1v) is 12.4. The van der Waals surface area contributed by atoms with Crippen LogP contribution in [-0.2, 0) is 19.4 Å². The Hall–Kier alpha value is -4.32. The molecule has 0 aliphatic heterocycles. The van der Waals surface area contributed by atoms with Gasteiger partial charge in [0, 0.05) is 43.4 Å². The van der Waals surface area contributed by atoms with Gasteiger partial charge in [-0.15, -0.1) is 0 Å². The second-order valence-corrected chi connectivity index (χ2v) is 9.37. The number of fused-ring (bicyclic) bond motifs is 1. The summed E-state index contributed by atoms with van der Waals surface area (Å²) in [4.78, 5) is 21.8. The Bertz CT molecular complexity index is 1520. The Kier molecular flexibility index (Phi) is 7.08. The number of aromatic nitrogens is 3. The summed E-state index contributed by atoms with van der Waals surface area (Å²) in [5.74, 6) is 0.575.